The molecular weight excluding hydrogens is 286 g/mol. The Morgan fingerprint density at radius 2 is 1.95 bits per heavy atom. The summed E-state index contributed by atoms with van der Waals surface area (Å²) in [6.45, 7) is 2.07. The molecule has 2 heterocycles. The summed E-state index contributed by atoms with van der Waals surface area (Å²) in [5, 5.41) is 3.55. The van der Waals surface area contributed by atoms with E-state index in [1.165, 1.54) is 0 Å². The van der Waals surface area contributed by atoms with Crippen molar-refractivity contribution in [3.05, 3.63) is 65.7 Å². The van der Waals surface area contributed by atoms with E-state index in [1.807, 2.05) is 42.5 Å². The van der Waals surface area contributed by atoms with Gasteiger partial charge >= 0.3 is 0 Å². The summed E-state index contributed by atoms with van der Waals surface area (Å²) in [6.07, 6.45) is 2.58. The van der Waals surface area contributed by atoms with Crippen molar-refractivity contribution in [2.24, 2.45) is 0 Å². The van der Waals surface area contributed by atoms with E-state index in [2.05, 4.69) is 22.0 Å². The highest BCUT2D eigenvalue weighted by molar-refractivity contribution is 6.22. The van der Waals surface area contributed by atoms with Gasteiger partial charge < -0.3 is 4.52 Å². The summed E-state index contributed by atoms with van der Waals surface area (Å²) in [4.78, 5) is 8.73. The lowest BCUT2D eigenvalue weighted by Crippen LogP contribution is -1.95. The standard InChI is InChI=1S/C16H14ClN3O/c1-2-11-9-6-10-18-14(11)15-19-16(21-20-15)13(17)12-7-4-3-5-8-12/h3-10,13H,2H2,1H3. The van der Waals surface area contributed by atoms with Crippen LogP contribution in [0, 0.1) is 0 Å². The van der Waals surface area contributed by atoms with Gasteiger partial charge in [-0.2, -0.15) is 4.98 Å². The summed E-state index contributed by atoms with van der Waals surface area (Å²) >= 11 is 6.39. The number of aryl methyl sites for hydroxylation is 1. The zero-order valence-electron chi connectivity index (χ0n) is 11.5. The van der Waals surface area contributed by atoms with Gasteiger partial charge in [-0.1, -0.05) is 48.5 Å². The Balaban J connectivity index is 1.93. The summed E-state index contributed by atoms with van der Waals surface area (Å²) < 4.78 is 5.30. The molecule has 0 aliphatic heterocycles. The minimum absolute atomic E-state index is 0.380. The predicted molar refractivity (Wildman–Crippen MR) is 81.0 cm³/mol. The van der Waals surface area contributed by atoms with Crippen LogP contribution in [0.4, 0.5) is 0 Å². The van der Waals surface area contributed by atoms with Crippen molar-refractivity contribution >= 4 is 11.6 Å². The first kappa shape index (κ1) is 13.8. The molecule has 0 bridgehead atoms. The molecule has 0 radical (unpaired) electrons. The molecule has 21 heavy (non-hydrogen) atoms. The number of hydrogen-bond acceptors (Lipinski definition) is 4. The Morgan fingerprint density at radius 1 is 1.14 bits per heavy atom. The van der Waals surface area contributed by atoms with Gasteiger partial charge in [0.15, 0.2) is 0 Å². The highest BCUT2D eigenvalue weighted by atomic mass is 35.5. The fourth-order valence-electron chi connectivity index (χ4n) is 2.12. The maximum atomic E-state index is 6.39. The number of pyridine rings is 1. The van der Waals surface area contributed by atoms with Gasteiger partial charge in [-0.25, -0.2) is 0 Å². The van der Waals surface area contributed by atoms with Gasteiger partial charge in [0.1, 0.15) is 11.1 Å². The molecule has 0 saturated carbocycles. The summed E-state index contributed by atoms with van der Waals surface area (Å²) in [5.74, 6) is 0.856. The van der Waals surface area contributed by atoms with Crippen LogP contribution in [-0.2, 0) is 6.42 Å². The minimum atomic E-state index is -0.457. The van der Waals surface area contributed by atoms with E-state index in [1.54, 1.807) is 6.20 Å². The third-order valence-electron chi connectivity index (χ3n) is 3.23. The van der Waals surface area contributed by atoms with Gasteiger partial charge in [-0.3, -0.25) is 4.98 Å². The lowest BCUT2D eigenvalue weighted by Gasteiger charge is -2.03. The fraction of sp³-hybridized carbons (Fsp3) is 0.188. The van der Waals surface area contributed by atoms with Crippen molar-refractivity contribution in [2.45, 2.75) is 18.7 Å². The zero-order chi connectivity index (χ0) is 14.7. The molecule has 0 saturated heterocycles. The average molecular weight is 300 g/mol. The minimum Gasteiger partial charge on any atom is -0.337 e. The summed E-state index contributed by atoms with van der Waals surface area (Å²) in [5.41, 5.74) is 2.74. The van der Waals surface area contributed by atoms with Crippen LogP contribution < -0.4 is 0 Å². The van der Waals surface area contributed by atoms with E-state index in [9.17, 15) is 0 Å². The van der Waals surface area contributed by atoms with Crippen LogP contribution in [0.1, 0.15) is 29.3 Å². The van der Waals surface area contributed by atoms with Crippen molar-refractivity contribution in [1.82, 2.24) is 15.1 Å². The second kappa shape index (κ2) is 6.06. The quantitative estimate of drug-likeness (QED) is 0.683. The molecule has 3 rings (SSSR count). The number of hydrogen-bond donors (Lipinski definition) is 0. The molecule has 0 fully saturated rings. The number of halogens is 1. The molecule has 2 aromatic heterocycles. The maximum absolute atomic E-state index is 6.39. The molecule has 1 unspecified atom stereocenters. The van der Waals surface area contributed by atoms with Gasteiger partial charge in [0, 0.05) is 6.20 Å². The molecule has 0 spiro atoms. The van der Waals surface area contributed by atoms with Crippen LogP contribution in [-0.4, -0.2) is 15.1 Å². The van der Waals surface area contributed by atoms with Crippen LogP contribution in [0.15, 0.2) is 53.2 Å². The van der Waals surface area contributed by atoms with Crippen molar-refractivity contribution in [1.29, 1.82) is 0 Å². The van der Waals surface area contributed by atoms with E-state index in [4.69, 9.17) is 16.1 Å². The van der Waals surface area contributed by atoms with Gasteiger partial charge in [0.05, 0.1) is 0 Å². The molecule has 0 aliphatic rings. The SMILES string of the molecule is CCc1cccnc1-c1noc(C(Cl)c2ccccc2)n1. The fourth-order valence-corrected chi connectivity index (χ4v) is 2.36. The second-order valence-corrected chi connectivity index (χ2v) is 5.03. The van der Waals surface area contributed by atoms with Crippen LogP contribution >= 0.6 is 11.6 Å². The highest BCUT2D eigenvalue weighted by Gasteiger charge is 2.20. The zero-order valence-corrected chi connectivity index (χ0v) is 12.3. The molecule has 4 nitrogen and oxygen atoms in total. The molecule has 3 aromatic rings. The summed E-state index contributed by atoms with van der Waals surface area (Å²) in [7, 11) is 0. The molecule has 1 atom stereocenters. The van der Waals surface area contributed by atoms with E-state index in [-0.39, 0.29) is 0 Å². The molecule has 0 N–H and O–H groups in total. The Labute approximate surface area is 127 Å². The van der Waals surface area contributed by atoms with Gasteiger partial charge in [-0.05, 0) is 23.6 Å². The van der Waals surface area contributed by atoms with E-state index in [0.29, 0.717) is 11.7 Å². The number of rotatable bonds is 4. The van der Waals surface area contributed by atoms with Crippen LogP contribution in [0.2, 0.25) is 0 Å². The number of alkyl halides is 1. The first-order chi connectivity index (χ1) is 10.3. The summed E-state index contributed by atoms with van der Waals surface area (Å²) in [6, 6.07) is 13.6. The van der Waals surface area contributed by atoms with Gasteiger partial charge in [0.2, 0.25) is 11.7 Å². The first-order valence-corrected chi connectivity index (χ1v) is 7.20. The van der Waals surface area contributed by atoms with Crippen LogP contribution in [0.3, 0.4) is 0 Å². The largest absolute Gasteiger partial charge is 0.337 e. The van der Waals surface area contributed by atoms with E-state index in [0.717, 1.165) is 23.2 Å². The molecule has 106 valence electrons. The molecule has 0 aliphatic carbocycles. The highest BCUT2D eigenvalue weighted by Crippen LogP contribution is 2.29. The third-order valence-corrected chi connectivity index (χ3v) is 3.67. The maximum Gasteiger partial charge on any atom is 0.249 e. The Morgan fingerprint density at radius 3 is 2.71 bits per heavy atom. The molecule has 5 heteroatoms. The van der Waals surface area contributed by atoms with Crippen LogP contribution in [0.25, 0.3) is 11.5 Å². The number of aromatic nitrogens is 3. The predicted octanol–water partition coefficient (Wildman–Crippen LogP) is 4.02. The Hall–Kier alpha value is -2.20. The van der Waals surface area contributed by atoms with Crippen molar-refractivity contribution in [3.8, 4) is 11.5 Å². The molecule has 0 amide bonds. The lowest BCUT2D eigenvalue weighted by atomic mass is 10.1. The smallest absolute Gasteiger partial charge is 0.249 e. The second-order valence-electron chi connectivity index (χ2n) is 4.59. The Kier molecular flexibility index (Phi) is 3.97. The average Bonchev–Trinajstić information content (AvgIpc) is 3.04. The molecular formula is C16H14ClN3O. The monoisotopic (exact) mass is 299 g/mol. The van der Waals surface area contributed by atoms with E-state index >= 15 is 0 Å². The van der Waals surface area contributed by atoms with Crippen molar-refractivity contribution in [2.75, 3.05) is 0 Å². The van der Waals surface area contributed by atoms with E-state index < -0.39 is 5.38 Å². The molecule has 1 aromatic carbocycles. The van der Waals surface area contributed by atoms with Crippen molar-refractivity contribution in [3.63, 3.8) is 0 Å². The normalized spacial score (nSPS) is 12.3. The van der Waals surface area contributed by atoms with Gasteiger partial charge in [0.25, 0.3) is 0 Å². The first-order valence-electron chi connectivity index (χ1n) is 6.76. The Bertz CT molecular complexity index is 727. The third kappa shape index (κ3) is 2.81. The number of benzene rings is 1. The van der Waals surface area contributed by atoms with Crippen molar-refractivity contribution < 1.29 is 4.52 Å². The van der Waals surface area contributed by atoms with Crippen LogP contribution in [0.5, 0.6) is 0 Å². The topological polar surface area (TPSA) is 51.8 Å². The number of nitrogens with zero attached hydrogens (tertiary/aromatic N) is 3. The van der Waals surface area contributed by atoms with Gasteiger partial charge in [-0.15, -0.1) is 11.6 Å². The lowest BCUT2D eigenvalue weighted by molar-refractivity contribution is 0.382.